The summed E-state index contributed by atoms with van der Waals surface area (Å²) in [5.74, 6) is -0.970. The lowest BCUT2D eigenvalue weighted by molar-refractivity contribution is -0.116. The molecule has 0 saturated heterocycles. The fourth-order valence-corrected chi connectivity index (χ4v) is 3.48. The first-order chi connectivity index (χ1) is 11.2. The van der Waals surface area contributed by atoms with Crippen molar-refractivity contribution in [3.05, 3.63) is 59.4 Å². The number of nitrogens with one attached hydrogen (secondary N) is 1. The molecule has 24 heavy (non-hydrogen) atoms. The molecule has 0 aliphatic carbocycles. The van der Waals surface area contributed by atoms with Gasteiger partial charge in [-0.3, -0.25) is 9.10 Å². The van der Waals surface area contributed by atoms with Crippen LogP contribution in [0.25, 0.3) is 0 Å². The van der Waals surface area contributed by atoms with Crippen molar-refractivity contribution in [3.63, 3.8) is 0 Å². The summed E-state index contributed by atoms with van der Waals surface area (Å²) in [6.07, 6.45) is 1.02. The van der Waals surface area contributed by atoms with Gasteiger partial charge in [0.25, 0.3) is 0 Å². The largest absolute Gasteiger partial charge is 0.324 e. The third kappa shape index (κ3) is 4.46. The molecule has 0 fully saturated rings. The summed E-state index contributed by atoms with van der Waals surface area (Å²) in [5.41, 5.74) is 0.696. The zero-order valence-electron chi connectivity index (χ0n) is 13.0. The van der Waals surface area contributed by atoms with Crippen molar-refractivity contribution in [2.24, 2.45) is 0 Å². The quantitative estimate of drug-likeness (QED) is 0.878. The maximum absolute atomic E-state index is 12.9. The Hall–Kier alpha value is -2.12. The average Bonchev–Trinajstić information content (AvgIpc) is 2.50. The molecule has 2 aromatic rings. The Balaban J connectivity index is 2.27. The van der Waals surface area contributed by atoms with Gasteiger partial charge in [0.2, 0.25) is 15.9 Å². The Labute approximate surface area is 145 Å². The standard InChI is InChI=1S/C16H16ClFN2O3S/c1-11(16(21)19-14-7-5-13(18)6-8-14)20(24(2,22)23)15-9-3-12(17)4-10-15/h3-11H,1-2H3,(H,19,21)/t11-/m1/s1. The van der Waals surface area contributed by atoms with Crippen molar-refractivity contribution in [3.8, 4) is 0 Å². The normalized spacial score (nSPS) is 12.5. The number of sulfonamides is 1. The van der Waals surface area contributed by atoms with Gasteiger partial charge in [0.15, 0.2) is 0 Å². The van der Waals surface area contributed by atoms with E-state index < -0.39 is 27.8 Å². The summed E-state index contributed by atoms with van der Waals surface area (Å²) in [6, 6.07) is 10.3. The van der Waals surface area contributed by atoms with E-state index in [-0.39, 0.29) is 0 Å². The van der Waals surface area contributed by atoms with Gasteiger partial charge in [-0.25, -0.2) is 12.8 Å². The van der Waals surface area contributed by atoms with E-state index in [1.54, 1.807) is 12.1 Å². The van der Waals surface area contributed by atoms with Gasteiger partial charge in [0.05, 0.1) is 11.9 Å². The van der Waals surface area contributed by atoms with Crippen LogP contribution in [0, 0.1) is 5.82 Å². The lowest BCUT2D eigenvalue weighted by atomic mass is 10.2. The third-order valence-electron chi connectivity index (χ3n) is 3.28. The number of hydrogen-bond acceptors (Lipinski definition) is 3. The topological polar surface area (TPSA) is 66.5 Å². The lowest BCUT2D eigenvalue weighted by Gasteiger charge is -2.28. The zero-order chi connectivity index (χ0) is 17.9. The van der Waals surface area contributed by atoms with Crippen molar-refractivity contribution in [1.82, 2.24) is 0 Å². The molecule has 2 rings (SSSR count). The Kier molecular flexibility index (Phi) is 5.46. The molecule has 0 saturated carbocycles. The van der Waals surface area contributed by atoms with Gasteiger partial charge in [-0.05, 0) is 55.5 Å². The van der Waals surface area contributed by atoms with Gasteiger partial charge in [-0.15, -0.1) is 0 Å². The molecule has 0 radical (unpaired) electrons. The summed E-state index contributed by atoms with van der Waals surface area (Å²) in [7, 11) is -3.70. The van der Waals surface area contributed by atoms with Crippen LogP contribution in [0.2, 0.25) is 5.02 Å². The van der Waals surface area contributed by atoms with Gasteiger partial charge in [0, 0.05) is 10.7 Å². The number of anilines is 2. The van der Waals surface area contributed by atoms with Gasteiger partial charge < -0.3 is 5.32 Å². The number of amides is 1. The average molecular weight is 371 g/mol. The van der Waals surface area contributed by atoms with E-state index in [2.05, 4.69) is 5.32 Å². The fraction of sp³-hybridized carbons (Fsp3) is 0.188. The van der Waals surface area contributed by atoms with E-state index in [0.29, 0.717) is 16.4 Å². The number of carbonyl (C=O) groups is 1. The molecule has 0 aliphatic heterocycles. The highest BCUT2D eigenvalue weighted by molar-refractivity contribution is 7.92. The van der Waals surface area contributed by atoms with Gasteiger partial charge in [-0.2, -0.15) is 0 Å². The summed E-state index contributed by atoms with van der Waals surface area (Å²) in [5, 5.41) is 3.02. The van der Waals surface area contributed by atoms with Crippen LogP contribution in [0.5, 0.6) is 0 Å². The molecule has 1 atom stereocenters. The first-order valence-corrected chi connectivity index (χ1v) is 9.22. The number of nitrogens with zero attached hydrogens (tertiary/aromatic N) is 1. The van der Waals surface area contributed by atoms with E-state index in [0.717, 1.165) is 10.6 Å². The van der Waals surface area contributed by atoms with Crippen molar-refractivity contribution >= 4 is 38.9 Å². The number of carbonyl (C=O) groups excluding carboxylic acids is 1. The second kappa shape index (κ2) is 7.19. The van der Waals surface area contributed by atoms with Crippen LogP contribution in [0.3, 0.4) is 0 Å². The second-order valence-corrected chi connectivity index (χ2v) is 7.50. The van der Waals surface area contributed by atoms with Crippen LogP contribution in [0.4, 0.5) is 15.8 Å². The molecular weight excluding hydrogens is 355 g/mol. The van der Waals surface area contributed by atoms with E-state index >= 15 is 0 Å². The molecule has 0 aliphatic rings. The monoisotopic (exact) mass is 370 g/mol. The summed E-state index contributed by atoms with van der Waals surface area (Å²) < 4.78 is 38.2. The predicted molar refractivity (Wildman–Crippen MR) is 93.3 cm³/mol. The highest BCUT2D eigenvalue weighted by atomic mass is 35.5. The molecule has 0 bridgehead atoms. The molecule has 5 nitrogen and oxygen atoms in total. The van der Waals surface area contributed by atoms with Crippen molar-refractivity contribution in [2.45, 2.75) is 13.0 Å². The van der Waals surface area contributed by atoms with E-state index in [1.165, 1.54) is 43.3 Å². The molecule has 0 heterocycles. The number of hydrogen-bond donors (Lipinski definition) is 1. The maximum Gasteiger partial charge on any atom is 0.247 e. The summed E-state index contributed by atoms with van der Waals surface area (Å²) >= 11 is 5.81. The molecule has 2 aromatic carbocycles. The molecule has 0 unspecified atom stereocenters. The van der Waals surface area contributed by atoms with E-state index in [1.807, 2.05) is 0 Å². The van der Waals surface area contributed by atoms with Crippen LogP contribution in [-0.2, 0) is 14.8 Å². The van der Waals surface area contributed by atoms with Gasteiger partial charge >= 0.3 is 0 Å². The minimum atomic E-state index is -3.70. The smallest absolute Gasteiger partial charge is 0.247 e. The van der Waals surface area contributed by atoms with E-state index in [4.69, 9.17) is 11.6 Å². The van der Waals surface area contributed by atoms with Crippen molar-refractivity contribution in [2.75, 3.05) is 15.9 Å². The Morgan fingerprint density at radius 2 is 1.67 bits per heavy atom. The number of rotatable bonds is 5. The first kappa shape index (κ1) is 18.2. The first-order valence-electron chi connectivity index (χ1n) is 7.00. The second-order valence-electron chi connectivity index (χ2n) is 5.21. The summed E-state index contributed by atoms with van der Waals surface area (Å²) in [6.45, 7) is 1.47. The molecule has 1 amide bonds. The van der Waals surface area contributed by atoms with E-state index in [9.17, 15) is 17.6 Å². The summed E-state index contributed by atoms with van der Waals surface area (Å²) in [4.78, 5) is 12.4. The Bertz CT molecular complexity index is 823. The van der Waals surface area contributed by atoms with Crippen molar-refractivity contribution in [1.29, 1.82) is 0 Å². The fourth-order valence-electron chi connectivity index (χ4n) is 2.18. The third-order valence-corrected chi connectivity index (χ3v) is 4.77. The molecular formula is C16H16ClFN2O3S. The zero-order valence-corrected chi connectivity index (χ0v) is 14.6. The van der Waals surface area contributed by atoms with Gasteiger partial charge in [0.1, 0.15) is 11.9 Å². The Morgan fingerprint density at radius 1 is 1.12 bits per heavy atom. The molecule has 128 valence electrons. The lowest BCUT2D eigenvalue weighted by Crippen LogP contribution is -2.45. The van der Waals surface area contributed by atoms with Crippen LogP contribution < -0.4 is 9.62 Å². The number of benzene rings is 2. The minimum absolute atomic E-state index is 0.323. The highest BCUT2D eigenvalue weighted by Gasteiger charge is 2.29. The SMILES string of the molecule is C[C@H](C(=O)Nc1ccc(F)cc1)N(c1ccc(Cl)cc1)S(C)(=O)=O. The Morgan fingerprint density at radius 3 is 2.17 bits per heavy atom. The van der Waals surface area contributed by atoms with Crippen LogP contribution in [0.15, 0.2) is 48.5 Å². The highest BCUT2D eigenvalue weighted by Crippen LogP contribution is 2.23. The van der Waals surface area contributed by atoms with Crippen molar-refractivity contribution < 1.29 is 17.6 Å². The van der Waals surface area contributed by atoms with Gasteiger partial charge in [-0.1, -0.05) is 11.6 Å². The maximum atomic E-state index is 12.9. The molecule has 1 N–H and O–H groups in total. The predicted octanol–water partition coefficient (Wildman–Crippen LogP) is 3.27. The van der Waals surface area contributed by atoms with Crippen LogP contribution in [0.1, 0.15) is 6.92 Å². The van der Waals surface area contributed by atoms with Crippen LogP contribution in [-0.4, -0.2) is 26.6 Å². The van der Waals surface area contributed by atoms with Crippen LogP contribution >= 0.6 is 11.6 Å². The molecule has 8 heteroatoms. The number of halogens is 2. The molecule has 0 aromatic heterocycles. The molecule has 0 spiro atoms. The minimum Gasteiger partial charge on any atom is -0.324 e.